The molecule has 0 amide bonds. The maximum absolute atomic E-state index is 11.8. The van der Waals surface area contributed by atoms with Crippen molar-refractivity contribution in [2.45, 2.75) is 22.1 Å². The van der Waals surface area contributed by atoms with Crippen molar-refractivity contribution in [2.24, 2.45) is 0 Å². The number of fused-ring (bicyclic) bond motifs is 1. The molecule has 7 nitrogen and oxygen atoms in total. The summed E-state index contributed by atoms with van der Waals surface area (Å²) in [6.45, 7) is 2.00. The molecule has 0 aliphatic rings. The second kappa shape index (κ2) is 6.75. The molecule has 4 aromatic rings. The number of hydrogen-bond donors (Lipinski definition) is 0. The SMILES string of the molecule is Cc1ccc(-c2nnc(Sc3ncnc4ccc(S(C)(=O)=O)cc34)o2)cc1. The third kappa shape index (κ3) is 3.69. The van der Waals surface area contributed by atoms with Gasteiger partial charge in [-0.2, -0.15) is 0 Å². The molecule has 0 bridgehead atoms. The molecule has 0 atom stereocenters. The van der Waals surface area contributed by atoms with Crippen LogP contribution in [0.3, 0.4) is 0 Å². The Morgan fingerprint density at radius 2 is 1.78 bits per heavy atom. The number of benzene rings is 2. The molecular weight excluding hydrogens is 384 g/mol. The first-order valence-corrected chi connectivity index (χ1v) is 10.6. The molecular formula is C18H14N4O3S2. The molecule has 0 aliphatic carbocycles. The normalized spacial score (nSPS) is 11.8. The molecule has 0 radical (unpaired) electrons. The topological polar surface area (TPSA) is 98.8 Å². The number of sulfone groups is 1. The minimum atomic E-state index is -3.34. The van der Waals surface area contributed by atoms with Gasteiger partial charge >= 0.3 is 0 Å². The highest BCUT2D eigenvalue weighted by molar-refractivity contribution is 7.99. The Labute approximate surface area is 159 Å². The first-order chi connectivity index (χ1) is 12.9. The van der Waals surface area contributed by atoms with Crippen molar-refractivity contribution < 1.29 is 12.8 Å². The molecule has 0 aliphatic heterocycles. The van der Waals surface area contributed by atoms with Gasteiger partial charge in [-0.15, -0.1) is 10.2 Å². The molecule has 0 unspecified atom stereocenters. The number of nitrogens with zero attached hydrogens (tertiary/aromatic N) is 4. The lowest BCUT2D eigenvalue weighted by Crippen LogP contribution is -1.97. The minimum absolute atomic E-state index is 0.206. The van der Waals surface area contributed by atoms with E-state index in [0.29, 0.717) is 27.0 Å². The molecule has 0 spiro atoms. The fraction of sp³-hybridized carbons (Fsp3) is 0.111. The Morgan fingerprint density at radius 3 is 2.52 bits per heavy atom. The van der Waals surface area contributed by atoms with Gasteiger partial charge in [0.25, 0.3) is 5.22 Å². The summed E-state index contributed by atoms with van der Waals surface area (Å²) >= 11 is 1.17. The van der Waals surface area contributed by atoms with E-state index in [4.69, 9.17) is 4.42 Å². The Morgan fingerprint density at radius 1 is 1.00 bits per heavy atom. The van der Waals surface area contributed by atoms with Crippen LogP contribution in [0.25, 0.3) is 22.4 Å². The first-order valence-electron chi connectivity index (χ1n) is 7.93. The Balaban J connectivity index is 1.70. The lowest BCUT2D eigenvalue weighted by molar-refractivity contribution is 0.465. The lowest BCUT2D eigenvalue weighted by Gasteiger charge is -2.04. The summed E-state index contributed by atoms with van der Waals surface area (Å²) in [7, 11) is -3.34. The summed E-state index contributed by atoms with van der Waals surface area (Å²) in [5.74, 6) is 0.410. The zero-order valence-electron chi connectivity index (χ0n) is 14.4. The molecule has 136 valence electrons. The quantitative estimate of drug-likeness (QED) is 0.481. The Kier molecular flexibility index (Phi) is 4.40. The minimum Gasteiger partial charge on any atom is -0.411 e. The average molecular weight is 398 g/mol. The standard InChI is InChI=1S/C18H14N4O3S2/c1-11-3-5-12(6-4-11)16-21-22-18(25-16)26-17-14-9-13(27(2,23)24)7-8-15(14)19-10-20-17/h3-10H,1-2H3. The summed E-state index contributed by atoms with van der Waals surface area (Å²) in [4.78, 5) is 8.64. The van der Waals surface area contributed by atoms with E-state index in [1.807, 2.05) is 31.2 Å². The van der Waals surface area contributed by atoms with Crippen molar-refractivity contribution in [3.8, 4) is 11.5 Å². The van der Waals surface area contributed by atoms with E-state index in [1.165, 1.54) is 24.2 Å². The Bertz CT molecular complexity index is 1240. The third-order valence-electron chi connectivity index (χ3n) is 3.89. The summed E-state index contributed by atoms with van der Waals surface area (Å²) in [6.07, 6.45) is 2.58. The highest BCUT2D eigenvalue weighted by atomic mass is 32.2. The predicted octanol–water partition coefficient (Wildman–Crippen LogP) is 3.54. The lowest BCUT2D eigenvalue weighted by atomic mass is 10.1. The number of hydrogen-bond acceptors (Lipinski definition) is 8. The second-order valence-corrected chi connectivity index (χ2v) is 8.93. The summed E-state index contributed by atoms with van der Waals surface area (Å²) in [5.41, 5.74) is 2.60. The van der Waals surface area contributed by atoms with Crippen LogP contribution in [0.4, 0.5) is 0 Å². The maximum Gasteiger partial charge on any atom is 0.283 e. The monoisotopic (exact) mass is 398 g/mol. The van der Waals surface area contributed by atoms with Crippen LogP contribution in [0.5, 0.6) is 0 Å². The van der Waals surface area contributed by atoms with Gasteiger partial charge in [0.1, 0.15) is 11.4 Å². The molecule has 9 heteroatoms. The molecule has 0 N–H and O–H groups in total. The van der Waals surface area contributed by atoms with Crippen molar-refractivity contribution in [3.05, 3.63) is 54.4 Å². The smallest absolute Gasteiger partial charge is 0.283 e. The van der Waals surface area contributed by atoms with Gasteiger partial charge in [0, 0.05) is 17.2 Å². The van der Waals surface area contributed by atoms with Crippen molar-refractivity contribution >= 4 is 32.5 Å². The molecule has 2 aromatic heterocycles. The van der Waals surface area contributed by atoms with Gasteiger partial charge in [-0.05, 0) is 49.0 Å². The van der Waals surface area contributed by atoms with E-state index in [1.54, 1.807) is 12.1 Å². The second-order valence-electron chi connectivity index (χ2n) is 5.97. The fourth-order valence-electron chi connectivity index (χ4n) is 2.47. The van der Waals surface area contributed by atoms with Crippen molar-refractivity contribution in [1.29, 1.82) is 0 Å². The predicted molar refractivity (Wildman–Crippen MR) is 101 cm³/mol. The van der Waals surface area contributed by atoms with Gasteiger partial charge in [-0.1, -0.05) is 17.7 Å². The summed E-state index contributed by atoms with van der Waals surface area (Å²) < 4.78 is 29.4. The number of aryl methyl sites for hydroxylation is 1. The van der Waals surface area contributed by atoms with Crippen molar-refractivity contribution in [1.82, 2.24) is 20.2 Å². The van der Waals surface area contributed by atoms with E-state index >= 15 is 0 Å². The van der Waals surface area contributed by atoms with Crippen LogP contribution >= 0.6 is 11.8 Å². The van der Waals surface area contributed by atoms with Crippen LogP contribution in [0.15, 0.2) is 68.4 Å². The molecule has 4 rings (SSSR count). The summed E-state index contributed by atoms with van der Waals surface area (Å²) in [5, 5.41) is 9.60. The van der Waals surface area contributed by atoms with Gasteiger partial charge in [0.05, 0.1) is 10.4 Å². The van der Waals surface area contributed by atoms with E-state index in [0.717, 1.165) is 17.4 Å². The van der Waals surface area contributed by atoms with Crippen LogP contribution in [0.1, 0.15) is 5.56 Å². The van der Waals surface area contributed by atoms with Crippen LogP contribution in [0, 0.1) is 6.92 Å². The maximum atomic E-state index is 11.8. The largest absolute Gasteiger partial charge is 0.411 e. The van der Waals surface area contributed by atoms with E-state index < -0.39 is 9.84 Å². The van der Waals surface area contributed by atoms with Crippen LogP contribution in [-0.2, 0) is 9.84 Å². The van der Waals surface area contributed by atoms with Gasteiger partial charge in [0.2, 0.25) is 5.89 Å². The van der Waals surface area contributed by atoms with Gasteiger partial charge in [-0.3, -0.25) is 0 Å². The summed E-state index contributed by atoms with van der Waals surface area (Å²) in [6, 6.07) is 12.5. The molecule has 2 heterocycles. The number of rotatable bonds is 4. The molecule has 0 saturated carbocycles. The van der Waals surface area contributed by atoms with Gasteiger partial charge in [-0.25, -0.2) is 18.4 Å². The highest BCUT2D eigenvalue weighted by Gasteiger charge is 2.15. The zero-order chi connectivity index (χ0) is 19.0. The van der Waals surface area contributed by atoms with E-state index in [2.05, 4.69) is 20.2 Å². The van der Waals surface area contributed by atoms with Crippen molar-refractivity contribution in [2.75, 3.05) is 6.26 Å². The molecule has 0 saturated heterocycles. The average Bonchev–Trinajstić information content (AvgIpc) is 3.10. The van der Waals surface area contributed by atoms with Crippen LogP contribution in [-0.4, -0.2) is 34.8 Å². The van der Waals surface area contributed by atoms with E-state index in [-0.39, 0.29) is 4.90 Å². The number of aromatic nitrogens is 4. The van der Waals surface area contributed by atoms with Crippen LogP contribution < -0.4 is 0 Å². The molecule has 0 fully saturated rings. The van der Waals surface area contributed by atoms with E-state index in [9.17, 15) is 8.42 Å². The van der Waals surface area contributed by atoms with Gasteiger partial charge < -0.3 is 4.42 Å². The third-order valence-corrected chi connectivity index (χ3v) is 5.86. The fourth-order valence-corrected chi connectivity index (χ4v) is 3.86. The molecule has 2 aromatic carbocycles. The van der Waals surface area contributed by atoms with Gasteiger partial charge in [0.15, 0.2) is 9.84 Å². The zero-order valence-corrected chi connectivity index (χ0v) is 16.1. The van der Waals surface area contributed by atoms with Crippen molar-refractivity contribution in [3.63, 3.8) is 0 Å². The molecule has 27 heavy (non-hydrogen) atoms. The van der Waals surface area contributed by atoms with Crippen LogP contribution in [0.2, 0.25) is 0 Å². The highest BCUT2D eigenvalue weighted by Crippen LogP contribution is 2.32. The Hall–Kier alpha value is -2.78. The first kappa shape index (κ1) is 17.6.